The molecular weight excluding hydrogens is 411 g/mol. The maximum atomic E-state index is 14.3. The average Bonchev–Trinajstić information content (AvgIpc) is 3.31. The second kappa shape index (κ2) is 8.35. The number of hydrogen-bond donors (Lipinski definition) is 3. The van der Waals surface area contributed by atoms with Crippen molar-refractivity contribution in [2.24, 2.45) is 0 Å². The number of amides is 3. The molecule has 3 amide bonds. The highest BCUT2D eigenvalue weighted by atomic mass is 19.1. The van der Waals surface area contributed by atoms with E-state index in [1.807, 2.05) is 0 Å². The summed E-state index contributed by atoms with van der Waals surface area (Å²) in [4.78, 5) is 40.4. The molecule has 5 rings (SSSR count). The molecule has 7 nitrogen and oxygen atoms in total. The van der Waals surface area contributed by atoms with Gasteiger partial charge in [-0.05, 0) is 56.0 Å². The van der Waals surface area contributed by atoms with Gasteiger partial charge in [0.25, 0.3) is 5.91 Å². The molecule has 0 spiro atoms. The third-order valence-corrected chi connectivity index (χ3v) is 6.58. The third-order valence-electron chi connectivity index (χ3n) is 6.58. The Morgan fingerprint density at radius 1 is 1.09 bits per heavy atom. The molecule has 3 aliphatic rings. The zero-order valence-electron chi connectivity index (χ0n) is 17.6. The molecule has 0 bridgehead atoms. The van der Waals surface area contributed by atoms with Crippen LogP contribution in [-0.4, -0.2) is 53.8 Å². The van der Waals surface area contributed by atoms with Gasteiger partial charge in [0.15, 0.2) is 0 Å². The fourth-order valence-electron chi connectivity index (χ4n) is 4.86. The quantitative estimate of drug-likeness (QED) is 0.689. The Bertz CT molecular complexity index is 1080. The van der Waals surface area contributed by atoms with Crippen LogP contribution in [0.5, 0.6) is 0 Å². The summed E-state index contributed by atoms with van der Waals surface area (Å²) in [6, 6.07) is 10.4. The predicted molar refractivity (Wildman–Crippen MR) is 117 cm³/mol. The number of carbonyl (C=O) groups excluding carboxylic acids is 3. The minimum absolute atomic E-state index is 0.0425. The molecule has 3 atom stereocenters. The first kappa shape index (κ1) is 20.6. The molecule has 2 fully saturated rings. The Morgan fingerprint density at radius 3 is 2.72 bits per heavy atom. The SMILES string of the molecule is O=C(NC1CCN2C(=O)c3cc(-c4ccccc4F)ccc3NC(=O)C2C1)C1CCCN1. The van der Waals surface area contributed by atoms with E-state index in [0.29, 0.717) is 41.8 Å². The summed E-state index contributed by atoms with van der Waals surface area (Å²) in [6.45, 7) is 1.20. The van der Waals surface area contributed by atoms with Crippen molar-refractivity contribution in [3.63, 3.8) is 0 Å². The van der Waals surface area contributed by atoms with Crippen LogP contribution in [0, 0.1) is 5.82 Å². The predicted octanol–water partition coefficient (Wildman–Crippen LogP) is 2.29. The molecule has 2 aromatic rings. The minimum Gasteiger partial charge on any atom is -0.352 e. The van der Waals surface area contributed by atoms with Gasteiger partial charge < -0.3 is 20.9 Å². The number of anilines is 1. The van der Waals surface area contributed by atoms with Crippen molar-refractivity contribution in [1.29, 1.82) is 0 Å². The highest BCUT2D eigenvalue weighted by Crippen LogP contribution is 2.32. The van der Waals surface area contributed by atoms with Gasteiger partial charge in [0.2, 0.25) is 11.8 Å². The van der Waals surface area contributed by atoms with Gasteiger partial charge in [-0.25, -0.2) is 4.39 Å². The number of nitrogens with one attached hydrogen (secondary N) is 3. The van der Waals surface area contributed by atoms with Crippen LogP contribution in [0.15, 0.2) is 42.5 Å². The molecule has 2 saturated heterocycles. The zero-order chi connectivity index (χ0) is 22.2. The Morgan fingerprint density at radius 2 is 1.94 bits per heavy atom. The molecule has 32 heavy (non-hydrogen) atoms. The fourth-order valence-corrected chi connectivity index (χ4v) is 4.86. The van der Waals surface area contributed by atoms with E-state index in [2.05, 4.69) is 16.0 Å². The Hall–Kier alpha value is -3.26. The van der Waals surface area contributed by atoms with Crippen LogP contribution in [0.4, 0.5) is 10.1 Å². The van der Waals surface area contributed by atoms with Gasteiger partial charge in [0, 0.05) is 18.2 Å². The van der Waals surface area contributed by atoms with Gasteiger partial charge in [-0.2, -0.15) is 0 Å². The Balaban J connectivity index is 1.37. The van der Waals surface area contributed by atoms with Gasteiger partial charge in [-0.1, -0.05) is 24.3 Å². The molecule has 8 heteroatoms. The summed E-state index contributed by atoms with van der Waals surface area (Å²) in [5, 5.41) is 9.08. The van der Waals surface area contributed by atoms with E-state index in [1.54, 1.807) is 41.3 Å². The molecule has 0 aromatic heterocycles. The second-order valence-electron chi connectivity index (χ2n) is 8.62. The molecular formula is C24H25FN4O3. The minimum atomic E-state index is -0.664. The first-order chi connectivity index (χ1) is 15.5. The smallest absolute Gasteiger partial charge is 0.256 e. The number of piperidine rings is 1. The van der Waals surface area contributed by atoms with E-state index in [4.69, 9.17) is 0 Å². The van der Waals surface area contributed by atoms with Gasteiger partial charge in [-0.15, -0.1) is 0 Å². The van der Waals surface area contributed by atoms with Crippen LogP contribution in [0.2, 0.25) is 0 Å². The van der Waals surface area contributed by atoms with Gasteiger partial charge in [0.1, 0.15) is 11.9 Å². The van der Waals surface area contributed by atoms with Gasteiger partial charge in [-0.3, -0.25) is 14.4 Å². The second-order valence-corrected chi connectivity index (χ2v) is 8.62. The van der Waals surface area contributed by atoms with Crippen LogP contribution >= 0.6 is 0 Å². The Labute approximate surface area is 185 Å². The van der Waals surface area contributed by atoms with Crippen LogP contribution in [-0.2, 0) is 9.59 Å². The number of carbonyl (C=O) groups is 3. The lowest BCUT2D eigenvalue weighted by Crippen LogP contribution is -2.56. The van der Waals surface area contributed by atoms with Gasteiger partial charge in [0.05, 0.1) is 17.3 Å². The van der Waals surface area contributed by atoms with Crippen molar-refractivity contribution < 1.29 is 18.8 Å². The standard InChI is InChI=1S/C24H25FN4O3/c25-18-5-2-1-4-16(18)14-7-8-19-17(12-14)24(32)29-11-9-15(13-21(29)23(31)28-19)27-22(30)20-6-3-10-26-20/h1-2,4-5,7-8,12,15,20-21,26H,3,6,9-11,13H2,(H,27,30)(H,28,31). The molecule has 3 heterocycles. The normalized spacial score (nSPS) is 24.9. The summed E-state index contributed by atoms with van der Waals surface area (Å²) in [5.41, 5.74) is 1.75. The number of nitrogens with zero attached hydrogens (tertiary/aromatic N) is 1. The molecule has 0 aliphatic carbocycles. The number of fused-ring (bicyclic) bond motifs is 2. The van der Waals surface area contributed by atoms with E-state index in [-0.39, 0.29) is 35.6 Å². The van der Waals surface area contributed by atoms with E-state index < -0.39 is 6.04 Å². The zero-order valence-corrected chi connectivity index (χ0v) is 17.6. The molecule has 166 valence electrons. The van der Waals surface area contributed by atoms with E-state index in [1.165, 1.54) is 6.07 Å². The Kier molecular flexibility index (Phi) is 5.38. The maximum absolute atomic E-state index is 14.3. The molecule has 0 radical (unpaired) electrons. The van der Waals surface area contributed by atoms with Crippen LogP contribution in [0.3, 0.4) is 0 Å². The monoisotopic (exact) mass is 436 g/mol. The molecule has 3 unspecified atom stereocenters. The van der Waals surface area contributed by atoms with E-state index in [0.717, 1.165) is 19.4 Å². The highest BCUT2D eigenvalue weighted by Gasteiger charge is 2.40. The number of hydrogen-bond acceptors (Lipinski definition) is 4. The summed E-state index contributed by atoms with van der Waals surface area (Å²) in [7, 11) is 0. The third kappa shape index (κ3) is 3.75. The van der Waals surface area contributed by atoms with Gasteiger partial charge >= 0.3 is 0 Å². The summed E-state index contributed by atoms with van der Waals surface area (Å²) >= 11 is 0. The molecule has 2 aromatic carbocycles. The van der Waals surface area contributed by atoms with Crippen molar-refractivity contribution in [2.45, 2.75) is 43.8 Å². The average molecular weight is 436 g/mol. The van der Waals surface area contributed by atoms with Crippen molar-refractivity contribution >= 4 is 23.4 Å². The number of rotatable bonds is 3. The van der Waals surface area contributed by atoms with Crippen molar-refractivity contribution in [2.75, 3.05) is 18.4 Å². The number of halogens is 1. The summed E-state index contributed by atoms with van der Waals surface area (Å²) in [6.07, 6.45) is 2.73. The maximum Gasteiger partial charge on any atom is 0.256 e. The lowest BCUT2D eigenvalue weighted by Gasteiger charge is -2.37. The lowest BCUT2D eigenvalue weighted by atomic mass is 9.95. The first-order valence-electron chi connectivity index (χ1n) is 11.1. The van der Waals surface area contributed by atoms with Crippen molar-refractivity contribution in [1.82, 2.24) is 15.5 Å². The van der Waals surface area contributed by atoms with Crippen molar-refractivity contribution in [3.8, 4) is 11.1 Å². The topological polar surface area (TPSA) is 90.5 Å². The van der Waals surface area contributed by atoms with Crippen LogP contribution in [0.25, 0.3) is 11.1 Å². The molecule has 3 aliphatic heterocycles. The van der Waals surface area contributed by atoms with E-state index >= 15 is 0 Å². The highest BCUT2D eigenvalue weighted by molar-refractivity contribution is 6.10. The van der Waals surface area contributed by atoms with Crippen LogP contribution < -0.4 is 16.0 Å². The molecule has 0 saturated carbocycles. The largest absolute Gasteiger partial charge is 0.352 e. The van der Waals surface area contributed by atoms with E-state index in [9.17, 15) is 18.8 Å². The fraction of sp³-hybridized carbons (Fsp3) is 0.375. The van der Waals surface area contributed by atoms with Crippen LogP contribution in [0.1, 0.15) is 36.0 Å². The summed E-state index contributed by atoms with van der Waals surface area (Å²) < 4.78 is 14.3. The summed E-state index contributed by atoms with van der Waals surface area (Å²) in [5.74, 6) is -0.944. The first-order valence-corrected chi connectivity index (χ1v) is 11.1. The number of benzene rings is 2. The lowest BCUT2D eigenvalue weighted by molar-refractivity contribution is -0.126. The molecule has 3 N–H and O–H groups in total. The van der Waals surface area contributed by atoms with Crippen molar-refractivity contribution in [3.05, 3.63) is 53.8 Å².